The van der Waals surface area contributed by atoms with Gasteiger partial charge in [-0.3, -0.25) is 10.1 Å². The van der Waals surface area contributed by atoms with Gasteiger partial charge in [-0.05, 0) is 18.9 Å². The SMILES string of the molecule is CCCCCCN1C(SCc2cccc(C)c2)=NC2C1C(=O)NC(=O)N2C. The van der Waals surface area contributed by atoms with Crippen LogP contribution in [0.4, 0.5) is 4.79 Å². The number of hydrogen-bond donors (Lipinski definition) is 1. The maximum absolute atomic E-state index is 12.5. The standard InChI is InChI=1S/C20H28N4O2S/c1-4-5-6-7-11-24-16-17(23(3)19(26)22-18(16)25)21-20(24)27-13-15-10-8-9-14(2)12-15/h8-10,12,16-17H,4-7,11,13H2,1-3H3,(H,22,25,26). The lowest BCUT2D eigenvalue weighted by Gasteiger charge is -2.36. The van der Waals surface area contributed by atoms with Crippen molar-refractivity contribution in [2.45, 2.75) is 57.5 Å². The minimum atomic E-state index is -0.433. The predicted octanol–water partition coefficient (Wildman–Crippen LogP) is 3.36. The fraction of sp³-hybridized carbons (Fsp3) is 0.550. The number of fused-ring (bicyclic) bond motifs is 1. The molecule has 0 spiro atoms. The molecule has 146 valence electrons. The number of aryl methyl sites for hydroxylation is 1. The molecule has 1 aromatic carbocycles. The highest BCUT2D eigenvalue weighted by molar-refractivity contribution is 8.13. The Labute approximate surface area is 165 Å². The number of imide groups is 1. The van der Waals surface area contributed by atoms with E-state index in [-0.39, 0.29) is 11.9 Å². The van der Waals surface area contributed by atoms with E-state index in [2.05, 4.69) is 48.3 Å². The molecule has 2 aliphatic heterocycles. The van der Waals surface area contributed by atoms with Gasteiger partial charge in [0.15, 0.2) is 17.4 Å². The number of rotatable bonds is 7. The molecule has 2 heterocycles. The number of carbonyl (C=O) groups is 2. The monoisotopic (exact) mass is 388 g/mol. The van der Waals surface area contributed by atoms with Crippen molar-refractivity contribution < 1.29 is 9.59 Å². The van der Waals surface area contributed by atoms with Crippen LogP contribution in [0.15, 0.2) is 29.3 Å². The second kappa shape index (κ2) is 8.78. The Bertz CT molecular complexity index is 736. The van der Waals surface area contributed by atoms with Gasteiger partial charge in [0, 0.05) is 19.3 Å². The fourth-order valence-electron chi connectivity index (χ4n) is 3.51. The van der Waals surface area contributed by atoms with E-state index in [0.29, 0.717) is 0 Å². The summed E-state index contributed by atoms with van der Waals surface area (Å²) in [5.41, 5.74) is 2.47. The Hall–Kier alpha value is -2.02. The predicted molar refractivity (Wildman–Crippen MR) is 110 cm³/mol. The molecule has 2 aliphatic rings. The topological polar surface area (TPSA) is 65.0 Å². The van der Waals surface area contributed by atoms with Crippen LogP contribution in [0.3, 0.4) is 0 Å². The Morgan fingerprint density at radius 1 is 1.22 bits per heavy atom. The summed E-state index contributed by atoms with van der Waals surface area (Å²) in [4.78, 5) is 32.9. The lowest BCUT2D eigenvalue weighted by molar-refractivity contribution is -0.127. The Morgan fingerprint density at radius 3 is 2.78 bits per heavy atom. The second-order valence-electron chi connectivity index (χ2n) is 7.21. The molecule has 27 heavy (non-hydrogen) atoms. The van der Waals surface area contributed by atoms with Crippen LogP contribution in [0.5, 0.6) is 0 Å². The quantitative estimate of drug-likeness (QED) is 0.728. The third-order valence-electron chi connectivity index (χ3n) is 5.03. The van der Waals surface area contributed by atoms with E-state index in [0.717, 1.165) is 30.3 Å². The third kappa shape index (κ3) is 4.46. The number of amides is 3. The summed E-state index contributed by atoms with van der Waals surface area (Å²) in [6, 6.07) is 7.63. The molecule has 0 radical (unpaired) electrons. The first-order chi connectivity index (χ1) is 13.0. The second-order valence-corrected chi connectivity index (χ2v) is 8.15. The van der Waals surface area contributed by atoms with Gasteiger partial charge in [-0.1, -0.05) is 67.8 Å². The molecule has 3 rings (SSSR count). The van der Waals surface area contributed by atoms with Crippen molar-refractivity contribution in [2.24, 2.45) is 4.99 Å². The van der Waals surface area contributed by atoms with Crippen molar-refractivity contribution in [3.8, 4) is 0 Å². The number of benzene rings is 1. The molecule has 1 aromatic rings. The first-order valence-corrected chi connectivity index (χ1v) is 10.6. The average Bonchev–Trinajstić information content (AvgIpc) is 3.01. The van der Waals surface area contributed by atoms with Crippen LogP contribution in [0.25, 0.3) is 0 Å². The smallest absolute Gasteiger partial charge is 0.325 e. The fourth-order valence-corrected chi connectivity index (χ4v) is 4.54. The summed E-state index contributed by atoms with van der Waals surface area (Å²) >= 11 is 1.65. The summed E-state index contributed by atoms with van der Waals surface area (Å²) in [6.07, 6.45) is 4.09. The molecule has 1 N–H and O–H groups in total. The highest BCUT2D eigenvalue weighted by atomic mass is 32.2. The van der Waals surface area contributed by atoms with Crippen molar-refractivity contribution in [2.75, 3.05) is 13.6 Å². The van der Waals surface area contributed by atoms with Gasteiger partial charge in [-0.25, -0.2) is 9.79 Å². The van der Waals surface area contributed by atoms with Crippen LogP contribution in [-0.4, -0.2) is 52.7 Å². The van der Waals surface area contributed by atoms with Gasteiger partial charge < -0.3 is 9.80 Å². The molecule has 6 nitrogen and oxygen atoms in total. The number of unbranched alkanes of at least 4 members (excludes halogenated alkanes) is 3. The van der Waals surface area contributed by atoms with Gasteiger partial charge in [-0.15, -0.1) is 0 Å². The van der Waals surface area contributed by atoms with Crippen LogP contribution >= 0.6 is 11.8 Å². The molecule has 3 amide bonds. The molecule has 2 atom stereocenters. The zero-order valence-corrected chi connectivity index (χ0v) is 17.1. The van der Waals surface area contributed by atoms with Crippen LogP contribution < -0.4 is 5.32 Å². The molecular formula is C20H28N4O2S. The van der Waals surface area contributed by atoms with E-state index in [1.165, 1.54) is 28.9 Å². The summed E-state index contributed by atoms with van der Waals surface area (Å²) in [5.74, 6) is 0.554. The number of urea groups is 1. The molecule has 2 unspecified atom stereocenters. The number of nitrogens with one attached hydrogen (secondary N) is 1. The molecular weight excluding hydrogens is 360 g/mol. The zero-order chi connectivity index (χ0) is 19.4. The van der Waals surface area contributed by atoms with Crippen LogP contribution in [0, 0.1) is 6.92 Å². The van der Waals surface area contributed by atoms with Gasteiger partial charge in [0.05, 0.1) is 0 Å². The van der Waals surface area contributed by atoms with Crippen LogP contribution in [0.1, 0.15) is 43.7 Å². The summed E-state index contributed by atoms with van der Waals surface area (Å²) in [6.45, 7) is 5.06. The molecule has 0 aliphatic carbocycles. The van der Waals surface area contributed by atoms with Gasteiger partial charge >= 0.3 is 6.03 Å². The summed E-state index contributed by atoms with van der Waals surface area (Å²) < 4.78 is 0. The van der Waals surface area contributed by atoms with Crippen molar-refractivity contribution in [1.29, 1.82) is 0 Å². The summed E-state index contributed by atoms with van der Waals surface area (Å²) in [7, 11) is 1.70. The highest BCUT2D eigenvalue weighted by Gasteiger charge is 2.48. The normalized spacial score (nSPS) is 22.0. The van der Waals surface area contributed by atoms with E-state index in [1.807, 2.05) is 0 Å². The van der Waals surface area contributed by atoms with Gasteiger partial charge in [0.2, 0.25) is 0 Å². The van der Waals surface area contributed by atoms with E-state index in [4.69, 9.17) is 4.99 Å². The number of amidine groups is 1. The maximum Gasteiger partial charge on any atom is 0.325 e. The Morgan fingerprint density at radius 2 is 2.04 bits per heavy atom. The van der Waals surface area contributed by atoms with Crippen molar-refractivity contribution in [3.63, 3.8) is 0 Å². The number of thioether (sulfide) groups is 1. The molecule has 0 bridgehead atoms. The highest BCUT2D eigenvalue weighted by Crippen LogP contribution is 2.30. The maximum atomic E-state index is 12.5. The minimum absolute atomic E-state index is 0.242. The van der Waals surface area contributed by atoms with Gasteiger partial charge in [0.25, 0.3) is 5.91 Å². The number of carbonyl (C=O) groups excluding carboxylic acids is 2. The van der Waals surface area contributed by atoms with Crippen LogP contribution in [-0.2, 0) is 10.5 Å². The van der Waals surface area contributed by atoms with Crippen molar-refractivity contribution in [3.05, 3.63) is 35.4 Å². The zero-order valence-electron chi connectivity index (χ0n) is 16.3. The first kappa shape index (κ1) is 19.7. The lowest BCUT2D eigenvalue weighted by Crippen LogP contribution is -2.63. The van der Waals surface area contributed by atoms with E-state index < -0.39 is 12.2 Å². The average molecular weight is 389 g/mol. The Balaban J connectivity index is 1.75. The van der Waals surface area contributed by atoms with Crippen molar-refractivity contribution in [1.82, 2.24) is 15.1 Å². The molecule has 1 fully saturated rings. The van der Waals surface area contributed by atoms with Gasteiger partial charge in [-0.2, -0.15) is 0 Å². The Kier molecular flexibility index (Phi) is 6.42. The van der Waals surface area contributed by atoms with Crippen LogP contribution in [0.2, 0.25) is 0 Å². The lowest BCUT2D eigenvalue weighted by atomic mass is 10.1. The molecule has 0 aromatic heterocycles. The van der Waals surface area contributed by atoms with E-state index in [1.54, 1.807) is 18.8 Å². The number of likely N-dealkylation sites (N-methyl/N-ethyl adjacent to an activating group) is 1. The first-order valence-electron chi connectivity index (χ1n) is 9.61. The van der Waals surface area contributed by atoms with Crippen molar-refractivity contribution >= 4 is 28.9 Å². The number of nitrogens with zero attached hydrogens (tertiary/aromatic N) is 3. The van der Waals surface area contributed by atoms with E-state index >= 15 is 0 Å². The largest absolute Gasteiger partial charge is 0.336 e. The molecule has 7 heteroatoms. The third-order valence-corrected chi connectivity index (χ3v) is 6.10. The number of aliphatic imine (C=N–C) groups is 1. The van der Waals surface area contributed by atoms with E-state index in [9.17, 15) is 9.59 Å². The van der Waals surface area contributed by atoms with Gasteiger partial charge in [0.1, 0.15) is 0 Å². The number of hydrogen-bond acceptors (Lipinski definition) is 5. The molecule has 0 saturated carbocycles. The summed E-state index contributed by atoms with van der Waals surface area (Å²) in [5, 5.41) is 3.32. The molecule has 1 saturated heterocycles. The minimum Gasteiger partial charge on any atom is -0.336 e.